The van der Waals surface area contributed by atoms with Crippen molar-refractivity contribution in [2.75, 3.05) is 18.1 Å². The Balaban J connectivity index is 2.21. The second kappa shape index (κ2) is 6.99. The molecule has 21 heavy (non-hydrogen) atoms. The Hall–Kier alpha value is -2.20. The number of aliphatic hydroxyl groups excluding tert-OH is 1. The molecule has 2 aromatic carbocycles. The zero-order valence-corrected chi connectivity index (χ0v) is 12.1. The molecule has 2 rings (SSSR count). The molecule has 0 saturated carbocycles. The first-order chi connectivity index (χ1) is 10.1. The number of aromatic hydroxyl groups is 2. The number of aliphatic hydroxyl groups is 1. The first-order valence-electron chi connectivity index (χ1n) is 7.04. The highest BCUT2D eigenvalue weighted by Gasteiger charge is 2.16. The van der Waals surface area contributed by atoms with E-state index in [4.69, 9.17) is 0 Å². The van der Waals surface area contributed by atoms with Crippen molar-refractivity contribution in [3.63, 3.8) is 0 Å². The summed E-state index contributed by atoms with van der Waals surface area (Å²) in [7, 11) is 0. The van der Waals surface area contributed by atoms with E-state index in [-0.39, 0.29) is 24.1 Å². The second-order valence-electron chi connectivity index (χ2n) is 5.16. The Kier molecular flexibility index (Phi) is 5.06. The molecule has 1 unspecified atom stereocenters. The van der Waals surface area contributed by atoms with Crippen LogP contribution in [0, 0.1) is 0 Å². The molecule has 0 aliphatic carbocycles. The fourth-order valence-corrected chi connectivity index (χ4v) is 2.52. The molecular weight excluding hydrogens is 266 g/mol. The van der Waals surface area contributed by atoms with E-state index in [1.165, 1.54) is 11.6 Å². The Morgan fingerprint density at radius 3 is 2.19 bits per heavy atom. The van der Waals surface area contributed by atoms with Crippen molar-refractivity contribution in [1.29, 1.82) is 0 Å². The van der Waals surface area contributed by atoms with Crippen LogP contribution >= 0.6 is 0 Å². The summed E-state index contributed by atoms with van der Waals surface area (Å²) in [5, 5.41) is 28.6. The average Bonchev–Trinajstić information content (AvgIpc) is 2.44. The average molecular weight is 287 g/mol. The molecule has 0 aliphatic heterocycles. The summed E-state index contributed by atoms with van der Waals surface area (Å²) in [6, 6.07) is 14.7. The zero-order valence-electron chi connectivity index (χ0n) is 12.1. The first kappa shape index (κ1) is 15.2. The monoisotopic (exact) mass is 287 g/mol. The molecule has 4 nitrogen and oxygen atoms in total. The minimum absolute atomic E-state index is 0.00947. The minimum Gasteiger partial charge on any atom is -0.508 e. The molecule has 0 bridgehead atoms. The largest absolute Gasteiger partial charge is 0.508 e. The predicted octanol–water partition coefficient (Wildman–Crippen LogP) is 2.53. The van der Waals surface area contributed by atoms with Crippen LogP contribution in [0.5, 0.6) is 11.5 Å². The maximum atomic E-state index is 9.63. The molecule has 0 amide bonds. The Bertz CT molecular complexity index is 551. The van der Waals surface area contributed by atoms with Gasteiger partial charge in [0.2, 0.25) is 0 Å². The number of hydrogen-bond donors (Lipinski definition) is 3. The van der Waals surface area contributed by atoms with Crippen molar-refractivity contribution >= 4 is 5.69 Å². The maximum Gasteiger partial charge on any atom is 0.121 e. The normalized spacial score (nSPS) is 12.1. The van der Waals surface area contributed by atoms with Crippen molar-refractivity contribution < 1.29 is 15.3 Å². The zero-order chi connectivity index (χ0) is 15.2. The lowest BCUT2D eigenvalue weighted by Gasteiger charge is -2.31. The van der Waals surface area contributed by atoms with Gasteiger partial charge in [0.05, 0.1) is 6.61 Å². The smallest absolute Gasteiger partial charge is 0.121 e. The molecule has 0 radical (unpaired) electrons. The van der Waals surface area contributed by atoms with Gasteiger partial charge in [-0.05, 0) is 18.9 Å². The van der Waals surface area contributed by atoms with E-state index < -0.39 is 0 Å². The molecule has 0 spiro atoms. The maximum absolute atomic E-state index is 9.63. The molecule has 1 atom stereocenters. The van der Waals surface area contributed by atoms with E-state index in [2.05, 4.69) is 19.1 Å². The van der Waals surface area contributed by atoms with Crippen molar-refractivity contribution in [1.82, 2.24) is 0 Å². The van der Waals surface area contributed by atoms with Crippen molar-refractivity contribution in [2.24, 2.45) is 0 Å². The van der Waals surface area contributed by atoms with Crippen LogP contribution < -0.4 is 4.90 Å². The topological polar surface area (TPSA) is 63.9 Å². The Morgan fingerprint density at radius 2 is 1.62 bits per heavy atom. The molecule has 0 aliphatic rings. The molecule has 0 heterocycles. The van der Waals surface area contributed by atoms with Gasteiger partial charge in [0, 0.05) is 36.5 Å². The van der Waals surface area contributed by atoms with Gasteiger partial charge in [0.15, 0.2) is 0 Å². The highest BCUT2D eigenvalue weighted by Crippen LogP contribution is 2.28. The number of benzene rings is 2. The number of phenolic OH excluding ortho intramolecular Hbond substituents is 2. The number of anilines is 1. The van der Waals surface area contributed by atoms with E-state index in [0.717, 1.165) is 6.42 Å². The Labute approximate surface area is 124 Å². The number of hydrogen-bond acceptors (Lipinski definition) is 4. The van der Waals surface area contributed by atoms with Gasteiger partial charge in [0.25, 0.3) is 0 Å². The van der Waals surface area contributed by atoms with Gasteiger partial charge in [0.1, 0.15) is 11.5 Å². The number of rotatable bonds is 6. The van der Waals surface area contributed by atoms with Crippen molar-refractivity contribution in [2.45, 2.75) is 19.4 Å². The SMILES string of the molecule is CC(Cc1ccccc1)N(CCO)c1cc(O)cc(O)c1. The van der Waals surface area contributed by atoms with Crippen LogP contribution in [0.15, 0.2) is 48.5 Å². The van der Waals surface area contributed by atoms with Gasteiger partial charge in [-0.2, -0.15) is 0 Å². The predicted molar refractivity (Wildman–Crippen MR) is 83.8 cm³/mol. The fourth-order valence-electron chi connectivity index (χ4n) is 2.52. The van der Waals surface area contributed by atoms with Gasteiger partial charge < -0.3 is 20.2 Å². The van der Waals surface area contributed by atoms with E-state index in [1.54, 1.807) is 12.1 Å². The summed E-state index contributed by atoms with van der Waals surface area (Å²) in [6.45, 7) is 2.51. The minimum atomic E-state index is 0.00947. The third-order valence-electron chi connectivity index (χ3n) is 3.47. The summed E-state index contributed by atoms with van der Waals surface area (Å²) >= 11 is 0. The summed E-state index contributed by atoms with van der Waals surface area (Å²) in [6.07, 6.45) is 0.817. The Morgan fingerprint density at radius 1 is 1.00 bits per heavy atom. The van der Waals surface area contributed by atoms with Gasteiger partial charge in [-0.3, -0.25) is 0 Å². The molecule has 3 N–H and O–H groups in total. The highest BCUT2D eigenvalue weighted by molar-refractivity contribution is 5.55. The third-order valence-corrected chi connectivity index (χ3v) is 3.47. The van der Waals surface area contributed by atoms with Crippen LogP contribution in [0.2, 0.25) is 0 Å². The van der Waals surface area contributed by atoms with Crippen molar-refractivity contribution in [3.05, 3.63) is 54.1 Å². The molecule has 0 fully saturated rings. The quantitative estimate of drug-likeness (QED) is 0.764. The molecule has 0 saturated heterocycles. The van der Waals surface area contributed by atoms with Crippen LogP contribution in [0.4, 0.5) is 5.69 Å². The lowest BCUT2D eigenvalue weighted by molar-refractivity contribution is 0.298. The van der Waals surface area contributed by atoms with Crippen LogP contribution in [0.1, 0.15) is 12.5 Å². The van der Waals surface area contributed by atoms with Gasteiger partial charge in [-0.15, -0.1) is 0 Å². The van der Waals surface area contributed by atoms with Gasteiger partial charge in [-0.1, -0.05) is 30.3 Å². The van der Waals surface area contributed by atoms with Gasteiger partial charge >= 0.3 is 0 Å². The summed E-state index contributed by atoms with van der Waals surface area (Å²) in [5.41, 5.74) is 1.90. The van der Waals surface area contributed by atoms with Crippen LogP contribution in [0.3, 0.4) is 0 Å². The molecule has 4 heteroatoms. The van der Waals surface area contributed by atoms with Crippen molar-refractivity contribution in [3.8, 4) is 11.5 Å². The lowest BCUT2D eigenvalue weighted by Crippen LogP contribution is -2.37. The molecule has 2 aromatic rings. The number of phenols is 2. The molecule has 112 valence electrons. The second-order valence-corrected chi connectivity index (χ2v) is 5.16. The lowest BCUT2D eigenvalue weighted by atomic mass is 10.1. The van der Waals surface area contributed by atoms with E-state index in [0.29, 0.717) is 12.2 Å². The van der Waals surface area contributed by atoms with E-state index >= 15 is 0 Å². The molecular formula is C17H21NO3. The standard InChI is InChI=1S/C17H21NO3/c1-13(9-14-5-3-2-4-6-14)18(7-8-19)15-10-16(20)12-17(21)11-15/h2-6,10-13,19-21H,7-9H2,1H3. The highest BCUT2D eigenvalue weighted by atomic mass is 16.3. The molecule has 0 aromatic heterocycles. The number of nitrogens with zero attached hydrogens (tertiary/aromatic N) is 1. The van der Waals surface area contributed by atoms with Gasteiger partial charge in [-0.25, -0.2) is 0 Å². The third kappa shape index (κ3) is 4.13. The fraction of sp³-hybridized carbons (Fsp3) is 0.294. The van der Waals surface area contributed by atoms with Crippen LogP contribution in [-0.2, 0) is 6.42 Å². The van der Waals surface area contributed by atoms with Crippen LogP contribution in [-0.4, -0.2) is 34.5 Å². The first-order valence-corrected chi connectivity index (χ1v) is 7.04. The van der Waals surface area contributed by atoms with E-state index in [9.17, 15) is 15.3 Å². The summed E-state index contributed by atoms with van der Waals surface area (Å²) in [4.78, 5) is 1.98. The summed E-state index contributed by atoms with van der Waals surface area (Å²) < 4.78 is 0. The summed E-state index contributed by atoms with van der Waals surface area (Å²) in [5.74, 6) is 0.0275. The van der Waals surface area contributed by atoms with E-state index in [1.807, 2.05) is 23.1 Å². The van der Waals surface area contributed by atoms with Crippen LogP contribution in [0.25, 0.3) is 0 Å².